The Balaban J connectivity index is 1.87. The number of rotatable bonds is 3. The van der Waals surface area contributed by atoms with Gasteiger partial charge in [-0.05, 0) is 42.9 Å². The number of hydrogen-bond acceptors (Lipinski definition) is 3. The fraction of sp³-hybridized carbons (Fsp3) is 0.500. The largest absolute Gasteiger partial charge is 0.508 e. The Morgan fingerprint density at radius 2 is 1.86 bits per heavy atom. The molecule has 1 heterocycles. The predicted octanol–water partition coefficient (Wildman–Crippen LogP) is 1.75. The molecule has 2 aliphatic rings. The molecule has 3 rings (SSSR count). The van der Waals surface area contributed by atoms with Crippen LogP contribution in [0.2, 0.25) is 0 Å². The van der Waals surface area contributed by atoms with Crippen LogP contribution in [0.25, 0.3) is 0 Å². The number of amides is 1. The maximum Gasteiger partial charge on any atom is 0.326 e. The smallest absolute Gasteiger partial charge is 0.326 e. The standard InChI is InChI=1S/C16H19NO4/c1-10-8-13(14(19)20)17(9-10)15(21)16(6-7-16)11-2-4-12(18)5-3-11/h2-5,10,13,18H,6-9H2,1H3,(H,19,20)/t10-,13+/m1/s1. The number of likely N-dealkylation sites (tertiary alicyclic amines) is 1. The van der Waals surface area contributed by atoms with Gasteiger partial charge in [0, 0.05) is 6.54 Å². The van der Waals surface area contributed by atoms with Gasteiger partial charge in [0.15, 0.2) is 0 Å². The van der Waals surface area contributed by atoms with Crippen LogP contribution in [0.15, 0.2) is 24.3 Å². The molecule has 2 fully saturated rings. The van der Waals surface area contributed by atoms with Crippen LogP contribution in [-0.4, -0.2) is 39.6 Å². The van der Waals surface area contributed by atoms with Crippen LogP contribution >= 0.6 is 0 Å². The average Bonchev–Trinajstić information content (AvgIpc) is 3.15. The van der Waals surface area contributed by atoms with E-state index in [2.05, 4.69) is 0 Å². The number of carbonyl (C=O) groups excluding carboxylic acids is 1. The number of aliphatic carboxylic acids is 1. The van der Waals surface area contributed by atoms with E-state index in [9.17, 15) is 19.8 Å². The molecule has 1 saturated heterocycles. The van der Waals surface area contributed by atoms with E-state index in [-0.39, 0.29) is 17.6 Å². The zero-order valence-electron chi connectivity index (χ0n) is 12.0. The monoisotopic (exact) mass is 289 g/mol. The second kappa shape index (κ2) is 4.76. The lowest BCUT2D eigenvalue weighted by Crippen LogP contribution is -2.45. The lowest BCUT2D eigenvalue weighted by Gasteiger charge is -2.27. The maximum atomic E-state index is 12.9. The van der Waals surface area contributed by atoms with E-state index in [1.54, 1.807) is 24.3 Å². The van der Waals surface area contributed by atoms with Gasteiger partial charge in [0.05, 0.1) is 5.41 Å². The minimum Gasteiger partial charge on any atom is -0.508 e. The van der Waals surface area contributed by atoms with Crippen LogP contribution in [0, 0.1) is 5.92 Å². The summed E-state index contributed by atoms with van der Waals surface area (Å²) >= 11 is 0. The molecule has 2 atom stereocenters. The van der Waals surface area contributed by atoms with Crippen molar-refractivity contribution < 1.29 is 19.8 Å². The Kier molecular flexibility index (Phi) is 3.15. The molecule has 0 spiro atoms. The van der Waals surface area contributed by atoms with E-state index >= 15 is 0 Å². The van der Waals surface area contributed by atoms with Crippen molar-refractivity contribution in [2.24, 2.45) is 5.92 Å². The van der Waals surface area contributed by atoms with E-state index in [0.29, 0.717) is 13.0 Å². The Bertz CT molecular complexity index is 576. The van der Waals surface area contributed by atoms with Crippen molar-refractivity contribution in [3.8, 4) is 5.75 Å². The van der Waals surface area contributed by atoms with Gasteiger partial charge in [0.2, 0.25) is 5.91 Å². The van der Waals surface area contributed by atoms with Crippen LogP contribution < -0.4 is 0 Å². The van der Waals surface area contributed by atoms with Gasteiger partial charge in [-0.15, -0.1) is 0 Å². The van der Waals surface area contributed by atoms with Gasteiger partial charge >= 0.3 is 5.97 Å². The third kappa shape index (κ3) is 2.26. The van der Waals surface area contributed by atoms with E-state index in [1.807, 2.05) is 6.92 Å². The second-order valence-corrected chi connectivity index (χ2v) is 6.28. The summed E-state index contributed by atoms with van der Waals surface area (Å²) in [5.41, 5.74) is 0.292. The molecule has 2 N–H and O–H groups in total. The van der Waals surface area contributed by atoms with Crippen molar-refractivity contribution in [3.63, 3.8) is 0 Å². The van der Waals surface area contributed by atoms with Crippen LogP contribution in [0.1, 0.15) is 31.7 Å². The summed E-state index contributed by atoms with van der Waals surface area (Å²) in [7, 11) is 0. The lowest BCUT2D eigenvalue weighted by molar-refractivity contribution is -0.149. The third-order valence-electron chi connectivity index (χ3n) is 4.64. The van der Waals surface area contributed by atoms with Crippen LogP contribution in [0.5, 0.6) is 5.75 Å². The molecule has 1 aliphatic carbocycles. The molecule has 0 radical (unpaired) electrons. The molecule has 5 nitrogen and oxygen atoms in total. The average molecular weight is 289 g/mol. The van der Waals surface area contributed by atoms with Crippen molar-refractivity contribution >= 4 is 11.9 Å². The number of carbonyl (C=O) groups is 2. The fourth-order valence-corrected chi connectivity index (χ4v) is 3.31. The topological polar surface area (TPSA) is 77.8 Å². The summed E-state index contributed by atoms with van der Waals surface area (Å²) in [6, 6.07) is 5.96. The molecule has 1 aromatic rings. The van der Waals surface area contributed by atoms with Gasteiger partial charge in [-0.1, -0.05) is 19.1 Å². The molecule has 0 aromatic heterocycles. The van der Waals surface area contributed by atoms with Crippen LogP contribution in [-0.2, 0) is 15.0 Å². The third-order valence-corrected chi connectivity index (χ3v) is 4.64. The van der Waals surface area contributed by atoms with E-state index in [4.69, 9.17) is 0 Å². The van der Waals surface area contributed by atoms with Gasteiger partial charge in [0.25, 0.3) is 0 Å². The van der Waals surface area contributed by atoms with Crippen molar-refractivity contribution in [3.05, 3.63) is 29.8 Å². The molecule has 0 unspecified atom stereocenters. The Morgan fingerprint density at radius 3 is 2.38 bits per heavy atom. The molecule has 1 amide bonds. The van der Waals surface area contributed by atoms with E-state index in [1.165, 1.54) is 4.90 Å². The van der Waals surface area contributed by atoms with Gasteiger partial charge in [0.1, 0.15) is 11.8 Å². The molecule has 1 aliphatic heterocycles. The van der Waals surface area contributed by atoms with Gasteiger partial charge in [-0.2, -0.15) is 0 Å². The van der Waals surface area contributed by atoms with E-state index < -0.39 is 17.4 Å². The maximum absolute atomic E-state index is 12.9. The molecule has 0 bridgehead atoms. The molecule has 1 saturated carbocycles. The van der Waals surface area contributed by atoms with Gasteiger partial charge < -0.3 is 15.1 Å². The second-order valence-electron chi connectivity index (χ2n) is 6.28. The van der Waals surface area contributed by atoms with Crippen LogP contribution in [0.3, 0.4) is 0 Å². The molecule has 1 aromatic carbocycles. The number of hydrogen-bond donors (Lipinski definition) is 2. The fourth-order valence-electron chi connectivity index (χ4n) is 3.31. The van der Waals surface area contributed by atoms with Crippen molar-refractivity contribution in [2.45, 2.75) is 37.6 Å². The predicted molar refractivity (Wildman–Crippen MR) is 75.9 cm³/mol. The van der Waals surface area contributed by atoms with E-state index in [0.717, 1.165) is 18.4 Å². The van der Waals surface area contributed by atoms with Gasteiger partial charge in [-0.25, -0.2) is 4.79 Å². The molecule has 112 valence electrons. The number of aromatic hydroxyl groups is 1. The normalized spacial score (nSPS) is 26.6. The highest BCUT2D eigenvalue weighted by Gasteiger charge is 2.55. The highest BCUT2D eigenvalue weighted by atomic mass is 16.4. The quantitative estimate of drug-likeness (QED) is 0.888. The first-order valence-corrected chi connectivity index (χ1v) is 7.27. The van der Waals surface area contributed by atoms with Crippen molar-refractivity contribution in [1.82, 2.24) is 4.90 Å². The zero-order chi connectivity index (χ0) is 15.2. The SMILES string of the molecule is C[C@@H]1C[C@@H](C(=O)O)N(C(=O)C2(c3ccc(O)cc3)CC2)C1. The Labute approximate surface area is 123 Å². The molecular weight excluding hydrogens is 270 g/mol. The van der Waals surface area contributed by atoms with Crippen molar-refractivity contribution in [2.75, 3.05) is 6.54 Å². The van der Waals surface area contributed by atoms with Crippen LogP contribution in [0.4, 0.5) is 0 Å². The Morgan fingerprint density at radius 1 is 1.24 bits per heavy atom. The molecule has 21 heavy (non-hydrogen) atoms. The zero-order valence-corrected chi connectivity index (χ0v) is 12.0. The lowest BCUT2D eigenvalue weighted by atomic mass is 9.94. The molecular formula is C16H19NO4. The summed E-state index contributed by atoms with van der Waals surface area (Å²) < 4.78 is 0. The summed E-state index contributed by atoms with van der Waals surface area (Å²) in [4.78, 5) is 25.8. The van der Waals surface area contributed by atoms with Gasteiger partial charge in [-0.3, -0.25) is 4.79 Å². The number of phenols is 1. The first-order valence-electron chi connectivity index (χ1n) is 7.27. The Hall–Kier alpha value is -2.04. The number of phenolic OH excluding ortho intramolecular Hbond substituents is 1. The number of benzene rings is 1. The summed E-state index contributed by atoms with van der Waals surface area (Å²) in [5, 5.41) is 18.7. The number of nitrogens with zero attached hydrogens (tertiary/aromatic N) is 1. The summed E-state index contributed by atoms with van der Waals surface area (Å²) in [5.74, 6) is -0.620. The minimum absolute atomic E-state index is 0.0788. The first kappa shape index (κ1) is 13.9. The number of carboxylic acids is 1. The summed E-state index contributed by atoms with van der Waals surface area (Å²) in [6.45, 7) is 2.49. The highest BCUT2D eigenvalue weighted by Crippen LogP contribution is 2.50. The summed E-state index contributed by atoms with van der Waals surface area (Å²) in [6.07, 6.45) is 2.01. The molecule has 5 heteroatoms. The first-order chi connectivity index (χ1) is 9.94. The minimum atomic E-state index is -0.922. The number of carboxylic acid groups (broad SMARTS) is 1. The van der Waals surface area contributed by atoms with Crippen molar-refractivity contribution in [1.29, 1.82) is 0 Å². The highest BCUT2D eigenvalue weighted by molar-refractivity contribution is 5.94.